The second kappa shape index (κ2) is 10.2. The zero-order valence-electron chi connectivity index (χ0n) is 18.6. The third-order valence-corrected chi connectivity index (χ3v) is 6.57. The second-order valence-corrected chi connectivity index (χ2v) is 9.36. The van der Waals surface area contributed by atoms with Crippen LogP contribution in [0.4, 0.5) is 27.5 Å². The molecule has 172 valence electrons. The molecule has 2 aromatic carbocycles. The molecule has 2 aromatic rings. The van der Waals surface area contributed by atoms with E-state index in [2.05, 4.69) is 44.3 Å². The summed E-state index contributed by atoms with van der Waals surface area (Å²) in [5.74, 6) is 0. The van der Waals surface area contributed by atoms with Crippen molar-refractivity contribution in [1.82, 2.24) is 9.80 Å². The van der Waals surface area contributed by atoms with Crippen molar-refractivity contribution in [2.24, 2.45) is 0 Å². The van der Waals surface area contributed by atoms with Gasteiger partial charge in [-0.15, -0.1) is 0 Å². The molecule has 7 nitrogen and oxygen atoms in total. The summed E-state index contributed by atoms with van der Waals surface area (Å²) in [6.07, 6.45) is 0. The highest BCUT2D eigenvalue weighted by Gasteiger charge is 2.21. The van der Waals surface area contributed by atoms with E-state index >= 15 is 0 Å². The number of hydrogen-bond donors (Lipinski definition) is 2. The number of hydrogen-bond acceptors (Lipinski definition) is 5. The van der Waals surface area contributed by atoms with E-state index < -0.39 is 0 Å². The van der Waals surface area contributed by atoms with Crippen molar-refractivity contribution in [3.63, 3.8) is 0 Å². The van der Waals surface area contributed by atoms with E-state index in [9.17, 15) is 4.79 Å². The average Bonchev–Trinajstić information content (AvgIpc) is 2.76. The van der Waals surface area contributed by atoms with Crippen molar-refractivity contribution < 1.29 is 4.79 Å². The molecule has 4 rings (SSSR count). The molecule has 0 spiro atoms. The lowest BCUT2D eigenvalue weighted by Gasteiger charge is -2.35. The summed E-state index contributed by atoms with van der Waals surface area (Å²) < 4.78 is 0. The average molecular weight is 477 g/mol. The van der Waals surface area contributed by atoms with Gasteiger partial charge in [0.1, 0.15) is 0 Å². The number of anilines is 4. The maximum atomic E-state index is 13.0. The molecule has 0 aliphatic carbocycles. The molecular formula is C23H30Cl2N6O. The third-order valence-electron chi connectivity index (χ3n) is 6.10. The van der Waals surface area contributed by atoms with Crippen LogP contribution in [-0.2, 0) is 0 Å². The number of amides is 2. The Morgan fingerprint density at radius 2 is 1.06 bits per heavy atom. The molecular weight excluding hydrogens is 447 g/mol. The fraction of sp³-hybridized carbons (Fsp3) is 0.435. The highest BCUT2D eigenvalue weighted by Crippen LogP contribution is 2.32. The molecule has 2 aliphatic rings. The number of likely N-dealkylation sites (N-methyl/N-ethyl adjacent to an activating group) is 2. The minimum Gasteiger partial charge on any atom is -0.367 e. The van der Waals surface area contributed by atoms with Crippen LogP contribution in [0.3, 0.4) is 0 Å². The van der Waals surface area contributed by atoms with Gasteiger partial charge >= 0.3 is 6.03 Å². The topological polar surface area (TPSA) is 54.1 Å². The fourth-order valence-electron chi connectivity index (χ4n) is 4.14. The Morgan fingerprint density at radius 1 is 0.688 bits per heavy atom. The van der Waals surface area contributed by atoms with E-state index in [-0.39, 0.29) is 6.03 Å². The van der Waals surface area contributed by atoms with Gasteiger partial charge in [0.15, 0.2) is 0 Å². The predicted octanol–water partition coefficient (Wildman–Crippen LogP) is 4.14. The molecule has 0 bridgehead atoms. The Kier molecular flexibility index (Phi) is 7.30. The van der Waals surface area contributed by atoms with Gasteiger partial charge in [-0.3, -0.25) is 0 Å². The number of nitrogens with one attached hydrogen (secondary N) is 2. The van der Waals surface area contributed by atoms with Crippen LogP contribution in [0.2, 0.25) is 10.0 Å². The summed E-state index contributed by atoms with van der Waals surface area (Å²) >= 11 is 12.5. The molecule has 0 radical (unpaired) electrons. The number of carbonyl (C=O) groups excluding carboxylic acids is 1. The summed E-state index contributed by atoms with van der Waals surface area (Å²) in [6.45, 7) is 7.51. The van der Waals surface area contributed by atoms with Crippen molar-refractivity contribution in [3.05, 3.63) is 46.4 Å². The van der Waals surface area contributed by atoms with E-state index in [1.807, 2.05) is 24.3 Å². The summed E-state index contributed by atoms with van der Waals surface area (Å²) in [5, 5.41) is 7.18. The van der Waals surface area contributed by atoms with Crippen LogP contribution < -0.4 is 20.4 Å². The standard InChI is InChI=1S/C23H30Cl2N6O/c1-28-7-11-30(12-8-28)21-5-3-17(24)15-19(21)26-23(32)27-20-16-18(25)4-6-22(20)31-13-9-29(2)10-14-31/h3-6,15-16H,7-14H2,1-2H3,(H2,26,27,32). The second-order valence-electron chi connectivity index (χ2n) is 8.48. The van der Waals surface area contributed by atoms with Gasteiger partial charge in [0, 0.05) is 62.4 Å². The Balaban J connectivity index is 1.51. The number of nitrogens with zero attached hydrogens (tertiary/aromatic N) is 4. The van der Waals surface area contributed by atoms with Gasteiger partial charge in [0.05, 0.1) is 22.7 Å². The molecule has 2 amide bonds. The molecule has 0 saturated carbocycles. The van der Waals surface area contributed by atoms with Crippen molar-refractivity contribution in [3.8, 4) is 0 Å². The Morgan fingerprint density at radius 3 is 1.44 bits per heavy atom. The summed E-state index contributed by atoms with van der Waals surface area (Å²) in [6, 6.07) is 10.9. The normalized spacial score (nSPS) is 18.0. The van der Waals surface area contributed by atoms with E-state index in [1.54, 1.807) is 12.1 Å². The molecule has 2 fully saturated rings. The molecule has 2 aliphatic heterocycles. The minimum atomic E-state index is -0.319. The van der Waals surface area contributed by atoms with Gasteiger partial charge in [0.25, 0.3) is 0 Å². The summed E-state index contributed by atoms with van der Waals surface area (Å²) in [5.41, 5.74) is 3.34. The van der Waals surface area contributed by atoms with Crippen LogP contribution in [0, 0.1) is 0 Å². The van der Waals surface area contributed by atoms with Gasteiger partial charge in [-0.2, -0.15) is 0 Å². The van der Waals surface area contributed by atoms with E-state index in [4.69, 9.17) is 23.2 Å². The number of carbonyl (C=O) groups is 1. The van der Waals surface area contributed by atoms with Crippen LogP contribution in [0.15, 0.2) is 36.4 Å². The highest BCUT2D eigenvalue weighted by molar-refractivity contribution is 6.31. The number of rotatable bonds is 4. The van der Waals surface area contributed by atoms with Crippen LogP contribution in [0.5, 0.6) is 0 Å². The lowest BCUT2D eigenvalue weighted by atomic mass is 10.2. The van der Waals surface area contributed by atoms with Gasteiger partial charge in [-0.25, -0.2) is 4.79 Å². The number of piperazine rings is 2. The van der Waals surface area contributed by atoms with Crippen molar-refractivity contribution in [1.29, 1.82) is 0 Å². The zero-order valence-corrected chi connectivity index (χ0v) is 20.1. The van der Waals surface area contributed by atoms with Crippen molar-refractivity contribution in [2.75, 3.05) is 86.9 Å². The van der Waals surface area contributed by atoms with Crippen LogP contribution in [0.1, 0.15) is 0 Å². The van der Waals surface area contributed by atoms with Crippen LogP contribution in [0.25, 0.3) is 0 Å². The van der Waals surface area contributed by atoms with Gasteiger partial charge < -0.3 is 30.2 Å². The SMILES string of the molecule is CN1CCN(c2ccc(Cl)cc2NC(=O)Nc2cc(Cl)ccc2N2CCN(C)CC2)CC1. The lowest BCUT2D eigenvalue weighted by Crippen LogP contribution is -2.45. The molecule has 2 heterocycles. The first-order valence-electron chi connectivity index (χ1n) is 10.9. The van der Waals surface area contributed by atoms with Gasteiger partial charge in [0.2, 0.25) is 0 Å². The molecule has 9 heteroatoms. The fourth-order valence-corrected chi connectivity index (χ4v) is 4.48. The Hall–Kier alpha value is -2.19. The molecule has 0 unspecified atom stereocenters. The Labute approximate surface area is 199 Å². The van der Waals surface area contributed by atoms with Gasteiger partial charge in [-0.05, 0) is 50.5 Å². The molecule has 0 aromatic heterocycles. The van der Waals surface area contributed by atoms with Crippen LogP contribution in [-0.4, -0.2) is 82.3 Å². The maximum absolute atomic E-state index is 13.0. The van der Waals surface area contributed by atoms with Crippen LogP contribution >= 0.6 is 23.2 Å². The molecule has 2 N–H and O–H groups in total. The number of benzene rings is 2. The molecule has 2 saturated heterocycles. The zero-order chi connectivity index (χ0) is 22.7. The number of halogens is 2. The predicted molar refractivity (Wildman–Crippen MR) is 135 cm³/mol. The van der Waals surface area contributed by atoms with Gasteiger partial charge in [-0.1, -0.05) is 23.2 Å². The molecule has 32 heavy (non-hydrogen) atoms. The first-order valence-corrected chi connectivity index (χ1v) is 11.7. The minimum absolute atomic E-state index is 0.319. The molecule has 0 atom stereocenters. The first kappa shape index (κ1) is 23.0. The monoisotopic (exact) mass is 476 g/mol. The largest absolute Gasteiger partial charge is 0.367 e. The first-order chi connectivity index (χ1) is 15.4. The summed E-state index contributed by atoms with van der Waals surface area (Å²) in [7, 11) is 4.24. The van der Waals surface area contributed by atoms with E-state index in [0.29, 0.717) is 21.4 Å². The smallest absolute Gasteiger partial charge is 0.323 e. The lowest BCUT2D eigenvalue weighted by molar-refractivity contribution is 0.262. The summed E-state index contributed by atoms with van der Waals surface area (Å²) in [4.78, 5) is 22.2. The maximum Gasteiger partial charge on any atom is 0.323 e. The van der Waals surface area contributed by atoms with E-state index in [0.717, 1.165) is 63.7 Å². The highest BCUT2D eigenvalue weighted by atomic mass is 35.5. The number of urea groups is 1. The quantitative estimate of drug-likeness (QED) is 0.694. The third kappa shape index (κ3) is 5.59. The van der Waals surface area contributed by atoms with Crippen molar-refractivity contribution >= 4 is 52.0 Å². The van der Waals surface area contributed by atoms with Crippen molar-refractivity contribution in [2.45, 2.75) is 0 Å². The Bertz CT molecular complexity index is 880. The van der Waals surface area contributed by atoms with E-state index in [1.165, 1.54) is 0 Å².